The Bertz CT molecular complexity index is 7570. The molecule has 0 saturated carbocycles. The molecule has 0 atom stereocenters. The van der Waals surface area contributed by atoms with Crippen molar-refractivity contribution in [2.75, 3.05) is 9.80 Å². The van der Waals surface area contributed by atoms with Gasteiger partial charge in [-0.15, -0.1) is 0 Å². The van der Waals surface area contributed by atoms with Crippen LogP contribution in [0.25, 0.3) is 166 Å². The summed E-state index contributed by atoms with van der Waals surface area (Å²) in [4.78, 5) is 5.43. The fourth-order valence-electron chi connectivity index (χ4n) is 19.8. The van der Waals surface area contributed by atoms with Gasteiger partial charge in [0, 0.05) is 88.7 Å². The number of fused-ring (bicyclic) bond motifs is 13. The lowest BCUT2D eigenvalue weighted by molar-refractivity contribution is 0.590. The molecule has 5 nitrogen and oxygen atoms in total. The first-order valence-electron chi connectivity index (χ1n) is 42.6. The van der Waals surface area contributed by atoms with Crippen molar-refractivity contribution in [3.8, 4) is 100 Å². The summed E-state index contributed by atoms with van der Waals surface area (Å²) in [5.74, 6) is 0. The average molecular weight is 1560 g/mol. The molecule has 2 aliphatic rings. The number of anilines is 6. The molecule has 578 valence electrons. The second kappa shape index (κ2) is 28.4. The van der Waals surface area contributed by atoms with Gasteiger partial charge in [-0.05, 0) is 220 Å². The Hall–Kier alpha value is -15.0. The maximum absolute atomic E-state index is 6.76. The van der Waals surface area contributed by atoms with Gasteiger partial charge in [-0.1, -0.05) is 333 Å². The molecule has 0 amide bonds. The molecule has 0 saturated heterocycles. The molecule has 3 aromatic heterocycles. The predicted octanol–water partition coefficient (Wildman–Crippen LogP) is 29.8. The van der Waals surface area contributed by atoms with E-state index in [1.807, 2.05) is 0 Å². The Labute approximate surface area is 711 Å². The summed E-state index contributed by atoms with van der Waals surface area (Å²) in [5, 5.41) is 6.94. The van der Waals surface area contributed by atoms with Crippen LogP contribution in [0.5, 0.6) is 0 Å². The number of para-hydroxylation sites is 5. The highest BCUT2D eigenvalue weighted by atomic mass is 16.3. The van der Waals surface area contributed by atoms with Gasteiger partial charge in [0.2, 0.25) is 0 Å². The summed E-state index contributed by atoms with van der Waals surface area (Å²) in [6.07, 6.45) is 0. The van der Waals surface area contributed by atoms with Crippen molar-refractivity contribution in [1.29, 1.82) is 0 Å². The van der Waals surface area contributed by atoms with Gasteiger partial charge in [-0.25, -0.2) is 0 Å². The lowest BCUT2D eigenvalue weighted by Gasteiger charge is -2.46. The van der Waals surface area contributed by atoms with Crippen molar-refractivity contribution in [2.24, 2.45) is 0 Å². The molecule has 6 heteroatoms. The normalized spacial score (nSPS) is 12.6. The number of rotatable bonds is 12. The number of furan rings is 1. The molecule has 2 aliphatic heterocycles. The van der Waals surface area contributed by atoms with Crippen LogP contribution in [-0.2, 0) is 10.8 Å². The van der Waals surface area contributed by atoms with Crippen LogP contribution in [0.15, 0.2) is 411 Å². The molecule has 0 spiro atoms. The molecule has 21 aromatic rings. The zero-order chi connectivity index (χ0) is 81.6. The van der Waals surface area contributed by atoms with Crippen molar-refractivity contribution in [3.63, 3.8) is 0 Å². The first-order chi connectivity index (χ1) is 59.8. The lowest BCUT2D eigenvalue weighted by Crippen LogP contribution is -2.61. The molecule has 0 bridgehead atoms. The Balaban J connectivity index is 0.888. The molecule has 23 rings (SSSR count). The van der Waals surface area contributed by atoms with Gasteiger partial charge in [-0.2, -0.15) is 0 Å². The minimum atomic E-state index is -0.332. The van der Waals surface area contributed by atoms with Gasteiger partial charge in [0.05, 0.1) is 33.4 Å². The van der Waals surface area contributed by atoms with Gasteiger partial charge in [0.25, 0.3) is 6.71 Å². The van der Waals surface area contributed by atoms with Gasteiger partial charge in [0.1, 0.15) is 11.2 Å². The van der Waals surface area contributed by atoms with Crippen molar-refractivity contribution >= 4 is 123 Å². The minimum Gasteiger partial charge on any atom is -0.456 e. The number of nitrogens with zero attached hydrogens (tertiary/aromatic N) is 4. The fourth-order valence-corrected chi connectivity index (χ4v) is 19.8. The third-order valence-corrected chi connectivity index (χ3v) is 25.8. The molecule has 18 aromatic carbocycles. The fraction of sp³-hybridized carbons (Fsp3) is 0.0690. The standard InChI is InChI=1S/C116H85BN4O/c1-115(2,3)86-55-48-74(49-56-86)83-66-94(76-30-12-7-13-31-76)113(95(67-83)77-32-14-8-15-33-77)120-106-70-82(80-53-62-105-98(64-80)92-42-24-28-46-104(92)118(105)88-38-20-11-21-39-88)52-60-100(106)117-101-61-59-89(119-102-44-26-22-40-90(102)91-41-23-27-45-103(91)119)73-107(101)121(109-72-85(71-108(120)112(109)117)81-54-63-111-99(65-81)93-43-25-29-47-110(93)122-111)114-96(78-34-16-9-17-35-78)68-84(69-97(114)79-36-18-10-19-37-79)75-50-57-87(58-51-75)116(4,5)6/h7-73H,1-6H3. The van der Waals surface area contributed by atoms with E-state index in [1.54, 1.807) is 0 Å². The van der Waals surface area contributed by atoms with Crippen LogP contribution in [0.1, 0.15) is 52.7 Å². The van der Waals surface area contributed by atoms with E-state index in [0.29, 0.717) is 0 Å². The summed E-state index contributed by atoms with van der Waals surface area (Å²) in [5.41, 5.74) is 38.8. The van der Waals surface area contributed by atoms with Crippen molar-refractivity contribution in [3.05, 3.63) is 418 Å². The average Bonchev–Trinajstić information content (AvgIpc) is 0.906. The highest BCUT2D eigenvalue weighted by Crippen LogP contribution is 2.57. The van der Waals surface area contributed by atoms with Crippen LogP contribution >= 0.6 is 0 Å². The van der Waals surface area contributed by atoms with Crippen molar-refractivity contribution < 1.29 is 4.42 Å². The first-order valence-corrected chi connectivity index (χ1v) is 42.6. The number of hydrogen-bond donors (Lipinski definition) is 0. The maximum Gasteiger partial charge on any atom is 0.252 e. The topological polar surface area (TPSA) is 29.5 Å². The molecular weight excluding hydrogens is 1480 g/mol. The molecule has 0 N–H and O–H groups in total. The molecule has 0 fully saturated rings. The highest BCUT2D eigenvalue weighted by molar-refractivity contribution is 7.00. The number of benzene rings is 18. The maximum atomic E-state index is 6.76. The summed E-state index contributed by atoms with van der Waals surface area (Å²) in [6, 6.07) is 153. The van der Waals surface area contributed by atoms with E-state index in [9.17, 15) is 0 Å². The largest absolute Gasteiger partial charge is 0.456 e. The van der Waals surface area contributed by atoms with E-state index in [0.717, 1.165) is 173 Å². The van der Waals surface area contributed by atoms with E-state index in [2.05, 4.69) is 467 Å². The predicted molar refractivity (Wildman–Crippen MR) is 517 cm³/mol. The molecule has 122 heavy (non-hydrogen) atoms. The Morgan fingerprint density at radius 3 is 1.04 bits per heavy atom. The molecule has 0 aliphatic carbocycles. The summed E-state index contributed by atoms with van der Waals surface area (Å²) < 4.78 is 11.7. The minimum absolute atomic E-state index is 0.0372. The molecule has 0 radical (unpaired) electrons. The third-order valence-electron chi connectivity index (χ3n) is 25.8. The molecular formula is C116H85BN4O. The molecule has 0 unspecified atom stereocenters. The van der Waals surface area contributed by atoms with Crippen molar-refractivity contribution in [1.82, 2.24) is 9.13 Å². The Kier molecular flexibility index (Phi) is 16.8. The Morgan fingerprint density at radius 1 is 0.221 bits per heavy atom. The van der Waals surface area contributed by atoms with Gasteiger partial charge in [-0.3, -0.25) is 0 Å². The summed E-state index contributed by atoms with van der Waals surface area (Å²) in [7, 11) is 0. The smallest absolute Gasteiger partial charge is 0.252 e. The third kappa shape index (κ3) is 11.9. The van der Waals surface area contributed by atoms with Gasteiger partial charge < -0.3 is 23.4 Å². The monoisotopic (exact) mass is 1560 g/mol. The van der Waals surface area contributed by atoms with Crippen LogP contribution in [0.3, 0.4) is 0 Å². The zero-order valence-corrected chi connectivity index (χ0v) is 69.0. The van der Waals surface area contributed by atoms with E-state index < -0.39 is 0 Å². The van der Waals surface area contributed by atoms with E-state index in [-0.39, 0.29) is 17.5 Å². The second-order valence-corrected chi connectivity index (χ2v) is 35.1. The van der Waals surface area contributed by atoms with Crippen LogP contribution < -0.4 is 26.2 Å². The zero-order valence-electron chi connectivity index (χ0n) is 69.0. The van der Waals surface area contributed by atoms with Crippen molar-refractivity contribution in [2.45, 2.75) is 52.4 Å². The van der Waals surface area contributed by atoms with Crippen LogP contribution in [0.4, 0.5) is 34.1 Å². The number of aromatic nitrogens is 2. The summed E-state index contributed by atoms with van der Waals surface area (Å²) in [6.45, 7) is 13.5. The highest BCUT2D eigenvalue weighted by Gasteiger charge is 2.46. The SMILES string of the molecule is CC(C)(C)c1ccc(-c2cc(-c3ccccc3)c(N3c4cc(-c5ccc6c(c5)c5ccccc5n6-c5ccccc5)ccc4B4c5ccc(-n6c7ccccc7c7ccccc76)cc5N(c5c(-c6ccccc6)cc(-c6ccc(C(C)(C)C)cc6)cc5-c5ccccc5)c5cc(-c6ccc7oc8ccccc8c7c6)cc3c54)c(-c3ccccc3)c2)cc1. The van der Waals surface area contributed by atoms with E-state index in [1.165, 1.54) is 54.6 Å². The lowest BCUT2D eigenvalue weighted by atomic mass is 9.33. The van der Waals surface area contributed by atoms with Crippen LogP contribution in [-0.4, -0.2) is 15.8 Å². The first kappa shape index (κ1) is 72.3. The van der Waals surface area contributed by atoms with E-state index in [4.69, 9.17) is 4.42 Å². The summed E-state index contributed by atoms with van der Waals surface area (Å²) >= 11 is 0. The van der Waals surface area contributed by atoms with Crippen LogP contribution in [0.2, 0.25) is 0 Å². The quantitative estimate of drug-likeness (QED) is 0.114. The number of hydrogen-bond acceptors (Lipinski definition) is 3. The van der Waals surface area contributed by atoms with Gasteiger partial charge >= 0.3 is 0 Å². The van der Waals surface area contributed by atoms with Gasteiger partial charge in [0.15, 0.2) is 0 Å². The van der Waals surface area contributed by atoms with E-state index >= 15 is 0 Å². The second-order valence-electron chi connectivity index (χ2n) is 35.1. The molecule has 5 heterocycles. The van der Waals surface area contributed by atoms with Crippen LogP contribution in [0, 0.1) is 0 Å². The Morgan fingerprint density at radius 2 is 0.557 bits per heavy atom.